The van der Waals surface area contributed by atoms with Crippen LogP contribution in [0.15, 0.2) is 54.6 Å². The van der Waals surface area contributed by atoms with Crippen molar-refractivity contribution in [3.8, 4) is 0 Å². The average molecular weight is 347 g/mol. The minimum absolute atomic E-state index is 0.895. The maximum atomic E-state index is 4.75. The van der Waals surface area contributed by atoms with Crippen LogP contribution < -0.4 is 4.90 Å². The van der Waals surface area contributed by atoms with Gasteiger partial charge >= 0.3 is 0 Å². The number of aromatic nitrogens is 1. The van der Waals surface area contributed by atoms with Crippen molar-refractivity contribution in [2.75, 3.05) is 16.8 Å². The van der Waals surface area contributed by atoms with Gasteiger partial charge in [-0.15, -0.1) is 0 Å². The van der Waals surface area contributed by atoms with E-state index >= 15 is 0 Å². The number of anilines is 1. The molecular weight excluding hydrogens is 332 g/mol. The van der Waals surface area contributed by atoms with Gasteiger partial charge in [0.1, 0.15) is 0 Å². The van der Waals surface area contributed by atoms with Crippen molar-refractivity contribution in [1.82, 2.24) is 4.98 Å². The van der Waals surface area contributed by atoms with E-state index in [9.17, 15) is 0 Å². The van der Waals surface area contributed by atoms with Gasteiger partial charge in [-0.25, -0.2) is 4.98 Å². The Morgan fingerprint density at radius 2 is 1.75 bits per heavy atom. The van der Waals surface area contributed by atoms with Crippen LogP contribution in [0.5, 0.6) is 0 Å². The molecule has 4 heteroatoms. The van der Waals surface area contributed by atoms with E-state index < -0.39 is 0 Å². The summed E-state index contributed by atoms with van der Waals surface area (Å²) in [6.45, 7) is 1.85. The fraction of sp³-hybridized carbons (Fsp3) is 0.188. The van der Waals surface area contributed by atoms with Gasteiger partial charge in [-0.1, -0.05) is 69.7 Å². The van der Waals surface area contributed by atoms with Gasteiger partial charge in [0.2, 0.25) is 0 Å². The summed E-state index contributed by atoms with van der Waals surface area (Å²) >= 11 is 5.30. The number of rotatable bonds is 5. The SMILES string of the molecule is BrCCN(Cc1ccccc1)c1nc2ccccc2s1. The predicted molar refractivity (Wildman–Crippen MR) is 90.9 cm³/mol. The van der Waals surface area contributed by atoms with E-state index in [0.29, 0.717) is 0 Å². The number of hydrogen-bond donors (Lipinski definition) is 0. The highest BCUT2D eigenvalue weighted by Gasteiger charge is 2.12. The van der Waals surface area contributed by atoms with Crippen LogP contribution in [0.1, 0.15) is 5.56 Å². The number of halogens is 1. The molecule has 0 aliphatic rings. The molecule has 3 aromatic rings. The first-order chi connectivity index (χ1) is 9.86. The summed E-state index contributed by atoms with van der Waals surface area (Å²) in [5.74, 6) is 0. The zero-order valence-corrected chi connectivity index (χ0v) is 13.4. The summed E-state index contributed by atoms with van der Waals surface area (Å²) < 4.78 is 1.25. The molecule has 102 valence electrons. The number of nitrogens with zero attached hydrogens (tertiary/aromatic N) is 2. The molecule has 0 saturated heterocycles. The van der Waals surface area contributed by atoms with Crippen LogP contribution in [-0.4, -0.2) is 16.9 Å². The second-order valence-corrected chi connectivity index (χ2v) is 6.36. The number of benzene rings is 2. The van der Waals surface area contributed by atoms with Crippen LogP contribution in [0, 0.1) is 0 Å². The Morgan fingerprint density at radius 3 is 2.50 bits per heavy atom. The third-order valence-corrected chi connectivity index (χ3v) is 4.58. The second kappa shape index (κ2) is 6.37. The van der Waals surface area contributed by atoms with Crippen molar-refractivity contribution >= 4 is 42.6 Å². The average Bonchev–Trinajstić information content (AvgIpc) is 2.92. The molecule has 2 aromatic carbocycles. The first kappa shape index (κ1) is 13.6. The Bertz CT molecular complexity index is 648. The van der Waals surface area contributed by atoms with Crippen molar-refractivity contribution in [3.63, 3.8) is 0 Å². The molecule has 0 N–H and O–H groups in total. The normalized spacial score (nSPS) is 10.8. The van der Waals surface area contributed by atoms with Crippen molar-refractivity contribution in [2.24, 2.45) is 0 Å². The molecule has 0 unspecified atom stereocenters. The van der Waals surface area contributed by atoms with Crippen LogP contribution in [-0.2, 0) is 6.54 Å². The number of fused-ring (bicyclic) bond motifs is 1. The molecule has 0 spiro atoms. The summed E-state index contributed by atoms with van der Waals surface area (Å²) in [5, 5.41) is 2.03. The molecule has 1 heterocycles. The minimum atomic E-state index is 0.895. The predicted octanol–water partition coefficient (Wildman–Crippen LogP) is 4.70. The van der Waals surface area contributed by atoms with E-state index in [0.717, 1.165) is 29.1 Å². The molecular formula is C16H15BrN2S. The van der Waals surface area contributed by atoms with E-state index in [1.165, 1.54) is 10.3 Å². The maximum Gasteiger partial charge on any atom is 0.186 e. The Balaban J connectivity index is 1.89. The number of alkyl halides is 1. The van der Waals surface area contributed by atoms with Gasteiger partial charge in [-0.2, -0.15) is 0 Å². The Morgan fingerprint density at radius 1 is 1.00 bits per heavy atom. The maximum absolute atomic E-state index is 4.75. The highest BCUT2D eigenvalue weighted by molar-refractivity contribution is 9.09. The fourth-order valence-electron chi connectivity index (χ4n) is 2.14. The molecule has 0 fully saturated rings. The lowest BCUT2D eigenvalue weighted by Gasteiger charge is -2.20. The van der Waals surface area contributed by atoms with Crippen molar-refractivity contribution in [3.05, 3.63) is 60.2 Å². The first-order valence-electron chi connectivity index (χ1n) is 6.57. The Kier molecular flexibility index (Phi) is 4.33. The molecule has 20 heavy (non-hydrogen) atoms. The molecule has 0 bridgehead atoms. The topological polar surface area (TPSA) is 16.1 Å². The van der Waals surface area contributed by atoms with Gasteiger partial charge in [-0.3, -0.25) is 0 Å². The molecule has 0 saturated carbocycles. The van der Waals surface area contributed by atoms with Crippen molar-refractivity contribution < 1.29 is 0 Å². The fourth-order valence-corrected chi connectivity index (χ4v) is 3.56. The number of thiazole rings is 1. The molecule has 0 aliphatic heterocycles. The van der Waals surface area contributed by atoms with Crippen LogP contribution in [0.4, 0.5) is 5.13 Å². The van der Waals surface area contributed by atoms with Crippen molar-refractivity contribution in [2.45, 2.75) is 6.54 Å². The highest BCUT2D eigenvalue weighted by Crippen LogP contribution is 2.29. The summed E-state index contributed by atoms with van der Waals surface area (Å²) in [7, 11) is 0. The monoisotopic (exact) mass is 346 g/mol. The molecule has 1 aromatic heterocycles. The summed E-state index contributed by atoms with van der Waals surface area (Å²) in [5.41, 5.74) is 2.40. The Hall–Kier alpha value is -1.39. The third kappa shape index (κ3) is 3.02. The van der Waals surface area contributed by atoms with E-state index in [1.807, 2.05) is 6.07 Å². The summed E-state index contributed by atoms with van der Waals surface area (Å²) in [6, 6.07) is 18.8. The van der Waals surface area contributed by atoms with Crippen LogP contribution >= 0.6 is 27.3 Å². The number of hydrogen-bond acceptors (Lipinski definition) is 3. The Labute approximate surface area is 131 Å². The molecule has 0 atom stereocenters. The van der Waals surface area contributed by atoms with Gasteiger partial charge in [0.25, 0.3) is 0 Å². The quantitative estimate of drug-likeness (QED) is 0.622. The van der Waals surface area contributed by atoms with Crippen molar-refractivity contribution in [1.29, 1.82) is 0 Å². The van der Waals surface area contributed by atoms with E-state index in [4.69, 9.17) is 4.98 Å². The highest BCUT2D eigenvalue weighted by atomic mass is 79.9. The molecule has 0 radical (unpaired) electrons. The lowest BCUT2D eigenvalue weighted by Crippen LogP contribution is -2.24. The summed E-state index contributed by atoms with van der Waals surface area (Å²) in [4.78, 5) is 7.08. The second-order valence-electron chi connectivity index (χ2n) is 4.56. The summed E-state index contributed by atoms with van der Waals surface area (Å²) in [6.07, 6.45) is 0. The molecule has 0 amide bonds. The van der Waals surface area contributed by atoms with E-state index in [1.54, 1.807) is 11.3 Å². The standard InChI is InChI=1S/C16H15BrN2S/c17-10-11-19(12-13-6-2-1-3-7-13)16-18-14-8-4-5-9-15(14)20-16/h1-9H,10-12H2. The lowest BCUT2D eigenvalue weighted by atomic mass is 10.2. The third-order valence-electron chi connectivity index (χ3n) is 3.12. The molecule has 3 rings (SSSR count). The van der Waals surface area contributed by atoms with Gasteiger partial charge in [0.15, 0.2) is 5.13 Å². The van der Waals surface area contributed by atoms with Gasteiger partial charge in [0, 0.05) is 18.4 Å². The molecule has 0 aliphatic carbocycles. The largest absolute Gasteiger partial charge is 0.343 e. The van der Waals surface area contributed by atoms with Crippen LogP contribution in [0.2, 0.25) is 0 Å². The number of para-hydroxylation sites is 1. The van der Waals surface area contributed by atoms with E-state index in [2.05, 4.69) is 69.4 Å². The van der Waals surface area contributed by atoms with Crippen LogP contribution in [0.3, 0.4) is 0 Å². The van der Waals surface area contributed by atoms with Gasteiger partial charge in [-0.05, 0) is 17.7 Å². The molecule has 2 nitrogen and oxygen atoms in total. The zero-order chi connectivity index (χ0) is 13.8. The smallest absolute Gasteiger partial charge is 0.186 e. The zero-order valence-electron chi connectivity index (χ0n) is 11.0. The minimum Gasteiger partial charge on any atom is -0.343 e. The first-order valence-corrected chi connectivity index (χ1v) is 8.51. The van der Waals surface area contributed by atoms with Gasteiger partial charge in [0.05, 0.1) is 10.2 Å². The van der Waals surface area contributed by atoms with Gasteiger partial charge < -0.3 is 4.90 Å². The lowest BCUT2D eigenvalue weighted by molar-refractivity contribution is 0.836. The van der Waals surface area contributed by atoms with E-state index in [-0.39, 0.29) is 0 Å². The van der Waals surface area contributed by atoms with Crippen LogP contribution in [0.25, 0.3) is 10.2 Å².